The zero-order chi connectivity index (χ0) is 17.8. The number of rotatable bonds is 4. The van der Waals surface area contributed by atoms with Crippen molar-refractivity contribution in [3.8, 4) is 22.6 Å². The molecule has 0 bridgehead atoms. The fourth-order valence-corrected chi connectivity index (χ4v) is 2.82. The van der Waals surface area contributed by atoms with Crippen molar-refractivity contribution in [2.75, 3.05) is 6.61 Å². The first-order chi connectivity index (χ1) is 12.1. The van der Waals surface area contributed by atoms with Crippen molar-refractivity contribution in [2.24, 2.45) is 0 Å². The molecule has 0 aliphatic rings. The molecule has 3 aromatic rings. The highest BCUT2D eigenvalue weighted by Crippen LogP contribution is 2.28. The zero-order valence-corrected chi connectivity index (χ0v) is 15.6. The van der Waals surface area contributed by atoms with Crippen LogP contribution in [0.15, 0.2) is 59.1 Å². The molecule has 0 saturated heterocycles. The van der Waals surface area contributed by atoms with E-state index in [1.165, 1.54) is 0 Å². The molecule has 0 spiro atoms. The summed E-state index contributed by atoms with van der Waals surface area (Å²) in [6.07, 6.45) is 0. The normalized spacial score (nSPS) is 10.5. The van der Waals surface area contributed by atoms with Gasteiger partial charge in [-0.05, 0) is 26.0 Å². The Morgan fingerprint density at radius 1 is 1.00 bits per heavy atom. The van der Waals surface area contributed by atoms with Gasteiger partial charge in [0.2, 0.25) is 0 Å². The Labute approximate surface area is 155 Å². The molecular weight excluding hydrogens is 380 g/mol. The maximum absolute atomic E-state index is 12.5. The van der Waals surface area contributed by atoms with Crippen LogP contribution in [-0.2, 0) is 4.74 Å². The third-order valence-electron chi connectivity index (χ3n) is 3.72. The van der Waals surface area contributed by atoms with Crippen LogP contribution < -0.4 is 0 Å². The molecule has 1 heterocycles. The quantitative estimate of drug-likeness (QED) is 0.578. The summed E-state index contributed by atoms with van der Waals surface area (Å²) in [6, 6.07) is 17.4. The molecule has 0 unspecified atom stereocenters. The molecule has 2 aromatic carbocycles. The van der Waals surface area contributed by atoms with Crippen LogP contribution in [0, 0.1) is 6.92 Å². The van der Waals surface area contributed by atoms with Crippen molar-refractivity contribution < 1.29 is 9.53 Å². The first kappa shape index (κ1) is 17.3. The lowest BCUT2D eigenvalue weighted by Gasteiger charge is -2.13. The van der Waals surface area contributed by atoms with E-state index < -0.39 is 5.97 Å². The molecule has 126 valence electrons. The van der Waals surface area contributed by atoms with Gasteiger partial charge in [-0.15, -0.1) is 0 Å². The Morgan fingerprint density at radius 3 is 2.32 bits per heavy atom. The molecule has 5 heteroatoms. The number of benzene rings is 2. The summed E-state index contributed by atoms with van der Waals surface area (Å²) in [7, 11) is 0. The van der Waals surface area contributed by atoms with Gasteiger partial charge in [-0.3, -0.25) is 0 Å². The van der Waals surface area contributed by atoms with E-state index in [0.29, 0.717) is 29.4 Å². The third-order valence-corrected chi connectivity index (χ3v) is 4.25. The van der Waals surface area contributed by atoms with E-state index in [-0.39, 0.29) is 0 Å². The van der Waals surface area contributed by atoms with Crippen molar-refractivity contribution in [3.63, 3.8) is 0 Å². The van der Waals surface area contributed by atoms with Gasteiger partial charge in [-0.25, -0.2) is 14.8 Å². The van der Waals surface area contributed by atoms with Crippen molar-refractivity contribution in [1.82, 2.24) is 9.97 Å². The summed E-state index contributed by atoms with van der Waals surface area (Å²) < 4.78 is 6.17. The first-order valence-corrected chi connectivity index (χ1v) is 8.76. The highest BCUT2D eigenvalue weighted by Gasteiger charge is 2.21. The van der Waals surface area contributed by atoms with Crippen LogP contribution in [0.2, 0.25) is 0 Å². The van der Waals surface area contributed by atoms with E-state index in [1.807, 2.05) is 61.5 Å². The Kier molecular flexibility index (Phi) is 5.24. The van der Waals surface area contributed by atoms with Crippen LogP contribution in [0.1, 0.15) is 23.0 Å². The summed E-state index contributed by atoms with van der Waals surface area (Å²) >= 11 is 3.43. The Morgan fingerprint density at radius 2 is 1.68 bits per heavy atom. The van der Waals surface area contributed by atoms with Crippen LogP contribution in [0.25, 0.3) is 22.6 Å². The van der Waals surface area contributed by atoms with Gasteiger partial charge in [-0.2, -0.15) is 0 Å². The van der Waals surface area contributed by atoms with E-state index in [9.17, 15) is 4.79 Å². The van der Waals surface area contributed by atoms with Crippen LogP contribution in [0.3, 0.4) is 0 Å². The van der Waals surface area contributed by atoms with Gasteiger partial charge >= 0.3 is 5.97 Å². The maximum Gasteiger partial charge on any atom is 0.342 e. The predicted octanol–water partition coefficient (Wildman–Crippen LogP) is 5.06. The number of hydrogen-bond acceptors (Lipinski definition) is 4. The van der Waals surface area contributed by atoms with E-state index in [0.717, 1.165) is 15.6 Å². The fraction of sp³-hybridized carbons (Fsp3) is 0.150. The zero-order valence-electron chi connectivity index (χ0n) is 14.0. The largest absolute Gasteiger partial charge is 0.462 e. The van der Waals surface area contributed by atoms with Crippen molar-refractivity contribution >= 4 is 21.9 Å². The summed E-state index contributed by atoms with van der Waals surface area (Å²) in [4.78, 5) is 21.7. The van der Waals surface area contributed by atoms with E-state index in [4.69, 9.17) is 4.74 Å². The lowest BCUT2D eigenvalue weighted by molar-refractivity contribution is 0.0525. The standard InChI is InChI=1S/C20H17BrN2O2/c1-3-25-20(24)17-13(2)22-19(15-7-5-4-6-8-15)23-18(17)14-9-11-16(21)12-10-14/h4-12H,3H2,1-2H3. The SMILES string of the molecule is CCOC(=O)c1c(C)nc(-c2ccccc2)nc1-c1ccc(Br)cc1. The molecule has 1 aromatic heterocycles. The van der Waals surface area contributed by atoms with E-state index in [1.54, 1.807) is 6.92 Å². The van der Waals surface area contributed by atoms with Gasteiger partial charge in [0.05, 0.1) is 18.0 Å². The number of halogens is 1. The highest BCUT2D eigenvalue weighted by atomic mass is 79.9. The number of nitrogens with zero attached hydrogens (tertiary/aromatic N) is 2. The lowest BCUT2D eigenvalue weighted by Crippen LogP contribution is -2.12. The smallest absolute Gasteiger partial charge is 0.342 e. The average Bonchev–Trinajstić information content (AvgIpc) is 2.62. The monoisotopic (exact) mass is 396 g/mol. The van der Waals surface area contributed by atoms with Crippen molar-refractivity contribution in [3.05, 3.63) is 70.3 Å². The second-order valence-electron chi connectivity index (χ2n) is 5.45. The molecule has 0 amide bonds. The van der Waals surface area contributed by atoms with Gasteiger partial charge in [0.15, 0.2) is 5.82 Å². The van der Waals surface area contributed by atoms with Crippen LogP contribution in [-0.4, -0.2) is 22.5 Å². The summed E-state index contributed by atoms with van der Waals surface area (Å²) in [6.45, 7) is 3.90. The van der Waals surface area contributed by atoms with Crippen molar-refractivity contribution in [1.29, 1.82) is 0 Å². The number of esters is 1. The molecule has 0 aliphatic heterocycles. The molecule has 4 nitrogen and oxygen atoms in total. The second kappa shape index (κ2) is 7.57. The van der Waals surface area contributed by atoms with Crippen LogP contribution in [0.5, 0.6) is 0 Å². The first-order valence-electron chi connectivity index (χ1n) is 7.97. The average molecular weight is 397 g/mol. The van der Waals surface area contributed by atoms with Crippen molar-refractivity contribution in [2.45, 2.75) is 13.8 Å². The Hall–Kier alpha value is -2.53. The highest BCUT2D eigenvalue weighted by molar-refractivity contribution is 9.10. The number of carbonyl (C=O) groups is 1. The van der Waals surface area contributed by atoms with Crippen LogP contribution >= 0.6 is 15.9 Å². The lowest BCUT2D eigenvalue weighted by atomic mass is 10.0. The molecule has 0 radical (unpaired) electrons. The second-order valence-corrected chi connectivity index (χ2v) is 6.37. The van der Waals surface area contributed by atoms with Gasteiger partial charge in [-0.1, -0.05) is 58.4 Å². The molecule has 0 fully saturated rings. The Bertz CT molecular complexity index is 894. The minimum atomic E-state index is -0.405. The van der Waals surface area contributed by atoms with E-state index in [2.05, 4.69) is 25.9 Å². The molecule has 3 rings (SSSR count). The molecule has 0 N–H and O–H groups in total. The topological polar surface area (TPSA) is 52.1 Å². The fourth-order valence-electron chi connectivity index (χ4n) is 2.55. The maximum atomic E-state index is 12.5. The molecular formula is C20H17BrN2O2. The number of ether oxygens (including phenoxy) is 1. The molecule has 25 heavy (non-hydrogen) atoms. The van der Waals surface area contributed by atoms with E-state index >= 15 is 0 Å². The minimum Gasteiger partial charge on any atom is -0.462 e. The Balaban J connectivity index is 2.21. The number of aromatic nitrogens is 2. The number of carbonyl (C=O) groups excluding carboxylic acids is 1. The summed E-state index contributed by atoms with van der Waals surface area (Å²) in [5.41, 5.74) is 3.33. The van der Waals surface area contributed by atoms with Gasteiger partial charge < -0.3 is 4.74 Å². The summed E-state index contributed by atoms with van der Waals surface area (Å²) in [5, 5.41) is 0. The van der Waals surface area contributed by atoms with Gasteiger partial charge in [0.1, 0.15) is 5.56 Å². The predicted molar refractivity (Wildman–Crippen MR) is 101 cm³/mol. The third kappa shape index (κ3) is 3.77. The van der Waals surface area contributed by atoms with Gasteiger partial charge in [0.25, 0.3) is 0 Å². The number of aryl methyl sites for hydroxylation is 1. The summed E-state index contributed by atoms with van der Waals surface area (Å²) in [5.74, 6) is 0.182. The number of hydrogen-bond donors (Lipinski definition) is 0. The molecule has 0 saturated carbocycles. The molecule has 0 atom stereocenters. The van der Waals surface area contributed by atoms with Gasteiger partial charge in [0, 0.05) is 15.6 Å². The van der Waals surface area contributed by atoms with Crippen LogP contribution in [0.4, 0.5) is 0 Å². The molecule has 0 aliphatic carbocycles. The minimum absolute atomic E-state index is 0.304.